The molecule has 0 saturated carbocycles. The van der Waals surface area contributed by atoms with Crippen LogP contribution < -0.4 is 0 Å². The monoisotopic (exact) mass is 153 g/mol. The Bertz CT molecular complexity index is 122. The first-order valence-corrected chi connectivity index (χ1v) is 4.62. The molecule has 0 atom stereocenters. The molecular weight excluding hydrogens is 134 g/mol. The van der Waals surface area contributed by atoms with Gasteiger partial charge in [0.05, 0.1) is 0 Å². The van der Waals surface area contributed by atoms with Crippen LogP contribution in [-0.2, 0) is 0 Å². The molecule has 11 heavy (non-hydrogen) atoms. The van der Waals surface area contributed by atoms with Crippen molar-refractivity contribution in [3.05, 3.63) is 5.57 Å². The third kappa shape index (κ3) is 5.87. The molecule has 0 aromatic carbocycles. The number of nitrogens with one attached hydrogen (secondary N) is 1. The first-order valence-electron chi connectivity index (χ1n) is 4.62. The molecule has 1 heteroatoms. The normalized spacial score (nSPS) is 9.27. The summed E-state index contributed by atoms with van der Waals surface area (Å²) < 4.78 is 0. The van der Waals surface area contributed by atoms with Gasteiger partial charge in [-0.25, -0.2) is 0 Å². The molecule has 0 aliphatic rings. The van der Waals surface area contributed by atoms with Gasteiger partial charge < -0.3 is 0 Å². The summed E-state index contributed by atoms with van der Waals surface area (Å²) in [5, 5.41) is 7.03. The van der Waals surface area contributed by atoms with E-state index in [-0.39, 0.29) is 0 Å². The molecule has 0 amide bonds. The van der Waals surface area contributed by atoms with E-state index in [0.29, 0.717) is 0 Å². The molecular formula is C10H19N. The highest BCUT2D eigenvalue weighted by atomic mass is 14.3. The predicted molar refractivity (Wildman–Crippen MR) is 50.3 cm³/mol. The van der Waals surface area contributed by atoms with E-state index in [2.05, 4.69) is 19.7 Å². The highest BCUT2D eigenvalue weighted by Gasteiger charge is 1.94. The predicted octanol–water partition coefficient (Wildman–Crippen LogP) is 3.54. The van der Waals surface area contributed by atoms with Crippen LogP contribution in [0.2, 0.25) is 0 Å². The van der Waals surface area contributed by atoms with Crippen LogP contribution in [0.15, 0.2) is 5.57 Å². The maximum atomic E-state index is 7.03. The molecule has 0 spiro atoms. The van der Waals surface area contributed by atoms with Crippen molar-refractivity contribution in [3.63, 3.8) is 0 Å². The fourth-order valence-electron chi connectivity index (χ4n) is 1.03. The Kier molecular flexibility index (Phi) is 7.18. The maximum Gasteiger partial charge on any atom is -0.00945 e. The molecule has 1 nitrogen and oxygen atoms in total. The molecule has 0 aliphatic heterocycles. The van der Waals surface area contributed by atoms with E-state index in [4.69, 9.17) is 5.41 Å². The minimum Gasteiger partial charge on any atom is -0.259 e. The summed E-state index contributed by atoms with van der Waals surface area (Å²) in [6.45, 7) is 4.36. The van der Waals surface area contributed by atoms with Crippen LogP contribution in [0, 0.1) is 5.41 Å². The van der Waals surface area contributed by atoms with Crippen molar-refractivity contribution in [2.75, 3.05) is 0 Å². The average molecular weight is 153 g/mol. The van der Waals surface area contributed by atoms with Crippen LogP contribution >= 0.6 is 0 Å². The molecule has 0 aromatic heterocycles. The summed E-state index contributed by atoms with van der Waals surface area (Å²) in [6, 6.07) is 0. The number of hydrogen-bond acceptors (Lipinski definition) is 1. The summed E-state index contributed by atoms with van der Waals surface area (Å²) in [5.41, 5.74) is 1.20. The van der Waals surface area contributed by atoms with E-state index >= 15 is 0 Å². The zero-order valence-corrected chi connectivity index (χ0v) is 7.74. The van der Waals surface area contributed by atoms with Crippen molar-refractivity contribution in [1.29, 1.82) is 5.41 Å². The molecule has 0 fully saturated rings. The van der Waals surface area contributed by atoms with Crippen molar-refractivity contribution in [2.24, 2.45) is 0 Å². The third-order valence-electron chi connectivity index (χ3n) is 1.84. The van der Waals surface area contributed by atoms with Gasteiger partial charge in [0.25, 0.3) is 0 Å². The summed E-state index contributed by atoms with van der Waals surface area (Å²) >= 11 is 0. The second-order valence-corrected chi connectivity index (χ2v) is 2.94. The lowest BCUT2D eigenvalue weighted by Gasteiger charge is -2.00. The Balaban J connectivity index is 3.52. The Morgan fingerprint density at radius 1 is 1.09 bits per heavy atom. The number of rotatable bonds is 6. The standard InChI is InChI=1S/C10H19N/c1-3-5-7-10(9-11)8-6-4-2/h11H,3-8H2,1-2H3. The van der Waals surface area contributed by atoms with Crippen LogP contribution in [0.25, 0.3) is 0 Å². The molecule has 0 heterocycles. The minimum atomic E-state index is 1.08. The highest BCUT2D eigenvalue weighted by Crippen LogP contribution is 2.11. The summed E-state index contributed by atoms with van der Waals surface area (Å²) in [7, 11) is 0. The van der Waals surface area contributed by atoms with Gasteiger partial charge in [0.15, 0.2) is 0 Å². The topological polar surface area (TPSA) is 23.9 Å². The van der Waals surface area contributed by atoms with E-state index in [1.54, 1.807) is 0 Å². The van der Waals surface area contributed by atoms with Crippen molar-refractivity contribution in [2.45, 2.75) is 52.4 Å². The average Bonchev–Trinajstić information content (AvgIpc) is 2.05. The SMILES string of the molecule is CCCCC(=C=N)CCCC. The fraction of sp³-hybridized carbons (Fsp3) is 0.800. The van der Waals surface area contributed by atoms with Gasteiger partial charge in [0, 0.05) is 0 Å². The first-order chi connectivity index (χ1) is 5.35. The quantitative estimate of drug-likeness (QED) is 0.564. The maximum absolute atomic E-state index is 7.03. The minimum absolute atomic E-state index is 1.08. The molecule has 1 N–H and O–H groups in total. The molecule has 0 radical (unpaired) electrons. The van der Waals surface area contributed by atoms with Gasteiger partial charge in [-0.2, -0.15) is 0 Å². The summed E-state index contributed by atoms with van der Waals surface area (Å²) in [6.07, 6.45) is 7.03. The van der Waals surface area contributed by atoms with Gasteiger partial charge >= 0.3 is 0 Å². The van der Waals surface area contributed by atoms with E-state index < -0.39 is 0 Å². The molecule has 0 rings (SSSR count). The van der Waals surface area contributed by atoms with E-state index in [1.165, 1.54) is 31.3 Å². The van der Waals surface area contributed by atoms with Gasteiger partial charge in [0.1, 0.15) is 0 Å². The smallest absolute Gasteiger partial charge is 0.00945 e. The number of unbranched alkanes of at least 4 members (excludes halogenated alkanes) is 2. The van der Waals surface area contributed by atoms with Gasteiger partial charge in [0.2, 0.25) is 0 Å². The van der Waals surface area contributed by atoms with Gasteiger partial charge in [-0.15, -0.1) is 0 Å². The lowest BCUT2D eigenvalue weighted by atomic mass is 10.0. The second kappa shape index (κ2) is 7.56. The van der Waals surface area contributed by atoms with E-state index in [9.17, 15) is 0 Å². The van der Waals surface area contributed by atoms with E-state index in [1.807, 2.05) is 0 Å². The molecule has 64 valence electrons. The molecule has 0 aromatic rings. The third-order valence-corrected chi connectivity index (χ3v) is 1.84. The van der Waals surface area contributed by atoms with Crippen LogP contribution in [0.1, 0.15) is 52.4 Å². The Morgan fingerprint density at radius 2 is 1.55 bits per heavy atom. The molecule has 0 unspecified atom stereocenters. The zero-order valence-electron chi connectivity index (χ0n) is 7.74. The van der Waals surface area contributed by atoms with Crippen molar-refractivity contribution < 1.29 is 0 Å². The Morgan fingerprint density at radius 3 is 1.82 bits per heavy atom. The lowest BCUT2D eigenvalue weighted by Crippen LogP contribution is -1.85. The number of allylic oxidation sites excluding steroid dienone is 1. The van der Waals surface area contributed by atoms with Gasteiger partial charge in [-0.05, 0) is 37.1 Å². The fourth-order valence-corrected chi connectivity index (χ4v) is 1.03. The molecule has 0 bridgehead atoms. The largest absolute Gasteiger partial charge is 0.259 e. The lowest BCUT2D eigenvalue weighted by molar-refractivity contribution is 0.719. The Labute approximate surface area is 70.0 Å². The zero-order chi connectivity index (χ0) is 8.53. The number of hydrogen-bond donors (Lipinski definition) is 1. The van der Waals surface area contributed by atoms with Crippen LogP contribution in [0.3, 0.4) is 0 Å². The van der Waals surface area contributed by atoms with Crippen molar-refractivity contribution >= 4 is 5.87 Å². The van der Waals surface area contributed by atoms with Crippen LogP contribution in [0.5, 0.6) is 0 Å². The Hall–Kier alpha value is -0.550. The summed E-state index contributed by atoms with van der Waals surface area (Å²) in [4.78, 5) is 0. The van der Waals surface area contributed by atoms with Crippen LogP contribution in [0.4, 0.5) is 0 Å². The second-order valence-electron chi connectivity index (χ2n) is 2.94. The van der Waals surface area contributed by atoms with Crippen molar-refractivity contribution in [1.82, 2.24) is 0 Å². The highest BCUT2D eigenvalue weighted by molar-refractivity contribution is 5.54. The molecule has 0 saturated heterocycles. The van der Waals surface area contributed by atoms with Gasteiger partial charge in [-0.1, -0.05) is 26.7 Å². The van der Waals surface area contributed by atoms with Crippen LogP contribution in [-0.4, -0.2) is 5.87 Å². The van der Waals surface area contributed by atoms with Crippen molar-refractivity contribution in [3.8, 4) is 0 Å². The van der Waals surface area contributed by atoms with Gasteiger partial charge in [-0.3, -0.25) is 5.41 Å². The summed E-state index contributed by atoms with van der Waals surface area (Å²) in [5.74, 6) is 2.54. The first kappa shape index (κ1) is 10.4. The molecule has 0 aliphatic carbocycles. The van der Waals surface area contributed by atoms with E-state index in [0.717, 1.165) is 12.8 Å².